The molecule has 5 nitrogen and oxygen atoms in total. The van der Waals surface area contributed by atoms with E-state index in [-0.39, 0.29) is 11.3 Å². The maximum atomic E-state index is 12.1. The lowest BCUT2D eigenvalue weighted by atomic mass is 9.89. The Morgan fingerprint density at radius 1 is 0.957 bits per heavy atom. The van der Waals surface area contributed by atoms with Crippen LogP contribution in [0.25, 0.3) is 10.9 Å². The summed E-state index contributed by atoms with van der Waals surface area (Å²) in [4.78, 5) is 26.7. The van der Waals surface area contributed by atoms with Crippen LogP contribution in [0.5, 0.6) is 0 Å². The van der Waals surface area contributed by atoms with Gasteiger partial charge in [0.2, 0.25) is 0 Å². The first-order chi connectivity index (χ1) is 11.3. The van der Waals surface area contributed by atoms with E-state index in [1.165, 1.54) is 0 Å². The van der Waals surface area contributed by atoms with Gasteiger partial charge >= 0.3 is 0 Å². The van der Waals surface area contributed by atoms with Crippen molar-refractivity contribution in [2.45, 2.75) is 5.92 Å². The van der Waals surface area contributed by atoms with Crippen LogP contribution >= 0.6 is 0 Å². The summed E-state index contributed by atoms with van der Waals surface area (Å²) in [5.41, 5.74) is 3.87. The van der Waals surface area contributed by atoms with E-state index in [0.717, 1.165) is 22.3 Å². The van der Waals surface area contributed by atoms with Crippen LogP contribution in [0, 0.1) is 0 Å². The van der Waals surface area contributed by atoms with Crippen LogP contribution in [0.1, 0.15) is 22.7 Å². The van der Waals surface area contributed by atoms with Gasteiger partial charge in [0.15, 0.2) is 5.43 Å². The predicted octanol–water partition coefficient (Wildman–Crippen LogP) is 2.83. The highest BCUT2D eigenvalue weighted by atomic mass is 16.1. The second-order valence-electron chi connectivity index (χ2n) is 5.37. The van der Waals surface area contributed by atoms with E-state index in [1.807, 2.05) is 36.5 Å². The van der Waals surface area contributed by atoms with E-state index in [2.05, 4.69) is 19.9 Å². The van der Waals surface area contributed by atoms with E-state index < -0.39 is 0 Å². The van der Waals surface area contributed by atoms with E-state index in [1.54, 1.807) is 31.0 Å². The SMILES string of the molecule is O=c1cc[nH]c2ccc(C(c3cccnc3)c3cnc[nH]3)cc12. The number of nitrogens with one attached hydrogen (secondary N) is 2. The number of aromatic nitrogens is 4. The Bertz CT molecular complexity index is 990. The van der Waals surface area contributed by atoms with Crippen LogP contribution in [-0.2, 0) is 0 Å². The highest BCUT2D eigenvalue weighted by Gasteiger charge is 2.19. The molecule has 0 radical (unpaired) electrons. The molecule has 1 atom stereocenters. The number of hydrogen-bond donors (Lipinski definition) is 2. The summed E-state index contributed by atoms with van der Waals surface area (Å²) in [6.45, 7) is 0. The number of rotatable bonds is 3. The zero-order valence-corrected chi connectivity index (χ0v) is 12.2. The average Bonchev–Trinajstić information content (AvgIpc) is 3.11. The average molecular weight is 302 g/mol. The molecule has 1 unspecified atom stereocenters. The Morgan fingerprint density at radius 3 is 2.70 bits per heavy atom. The van der Waals surface area contributed by atoms with Gasteiger partial charge in [-0.25, -0.2) is 4.98 Å². The summed E-state index contributed by atoms with van der Waals surface area (Å²) in [5.74, 6) is -0.0461. The molecular weight excluding hydrogens is 288 g/mol. The van der Waals surface area contributed by atoms with Gasteiger partial charge in [0.1, 0.15) is 0 Å². The third kappa shape index (κ3) is 2.42. The fourth-order valence-corrected chi connectivity index (χ4v) is 2.89. The van der Waals surface area contributed by atoms with Gasteiger partial charge in [0, 0.05) is 47.5 Å². The highest BCUT2D eigenvalue weighted by molar-refractivity contribution is 5.79. The zero-order valence-electron chi connectivity index (χ0n) is 12.2. The molecule has 1 aromatic carbocycles. The highest BCUT2D eigenvalue weighted by Crippen LogP contribution is 2.31. The molecular formula is C18H14N4O. The smallest absolute Gasteiger partial charge is 0.189 e. The van der Waals surface area contributed by atoms with Gasteiger partial charge in [-0.15, -0.1) is 0 Å². The molecule has 4 aromatic rings. The van der Waals surface area contributed by atoms with Crippen molar-refractivity contribution < 1.29 is 0 Å². The van der Waals surface area contributed by atoms with Crippen molar-refractivity contribution >= 4 is 10.9 Å². The standard InChI is InChI=1S/C18H14N4O/c23-17-5-7-21-15-4-3-12(8-14(15)17)18(16-10-20-11-22-16)13-2-1-6-19-9-13/h1-11,18H,(H,20,22)(H,21,23). The lowest BCUT2D eigenvalue weighted by Crippen LogP contribution is -2.06. The predicted molar refractivity (Wildman–Crippen MR) is 88.3 cm³/mol. The number of hydrogen-bond acceptors (Lipinski definition) is 3. The molecule has 0 spiro atoms. The van der Waals surface area contributed by atoms with Gasteiger partial charge < -0.3 is 9.97 Å². The number of nitrogens with zero attached hydrogens (tertiary/aromatic N) is 2. The minimum atomic E-state index is -0.0461. The molecule has 3 aromatic heterocycles. The van der Waals surface area contributed by atoms with Crippen LogP contribution in [0.3, 0.4) is 0 Å². The topological polar surface area (TPSA) is 74.4 Å². The normalized spacial score (nSPS) is 12.3. The minimum Gasteiger partial charge on any atom is -0.361 e. The number of benzene rings is 1. The van der Waals surface area contributed by atoms with Gasteiger partial charge in [-0.3, -0.25) is 9.78 Å². The van der Waals surface area contributed by atoms with E-state index >= 15 is 0 Å². The molecule has 3 heterocycles. The second kappa shape index (κ2) is 5.53. The van der Waals surface area contributed by atoms with E-state index in [9.17, 15) is 4.79 Å². The number of fused-ring (bicyclic) bond motifs is 1. The fourth-order valence-electron chi connectivity index (χ4n) is 2.89. The Kier molecular flexibility index (Phi) is 3.24. The van der Waals surface area contributed by atoms with Crippen LogP contribution in [0.4, 0.5) is 0 Å². The minimum absolute atomic E-state index is 0.00940. The fraction of sp³-hybridized carbons (Fsp3) is 0.0556. The summed E-state index contributed by atoms with van der Waals surface area (Å²) in [6, 6.07) is 11.4. The molecule has 0 aliphatic rings. The lowest BCUT2D eigenvalue weighted by Gasteiger charge is -2.16. The first kappa shape index (κ1) is 13.5. The molecule has 112 valence electrons. The van der Waals surface area contributed by atoms with Crippen LogP contribution in [0.2, 0.25) is 0 Å². The second-order valence-corrected chi connectivity index (χ2v) is 5.37. The molecule has 23 heavy (non-hydrogen) atoms. The van der Waals surface area contributed by atoms with Gasteiger partial charge in [-0.2, -0.15) is 0 Å². The molecule has 0 fully saturated rings. The van der Waals surface area contributed by atoms with Gasteiger partial charge in [0.05, 0.1) is 12.2 Å². The molecule has 0 aliphatic heterocycles. The van der Waals surface area contributed by atoms with Crippen molar-refractivity contribution in [3.05, 3.63) is 94.6 Å². The number of pyridine rings is 2. The third-order valence-corrected chi connectivity index (χ3v) is 3.96. The lowest BCUT2D eigenvalue weighted by molar-refractivity contribution is 0.924. The first-order valence-electron chi connectivity index (χ1n) is 7.32. The van der Waals surface area contributed by atoms with Crippen LogP contribution in [-0.4, -0.2) is 19.9 Å². The molecule has 0 aliphatic carbocycles. The number of imidazole rings is 1. The molecule has 4 rings (SSSR count). The van der Waals surface area contributed by atoms with Crippen molar-refractivity contribution in [3.63, 3.8) is 0 Å². The van der Waals surface area contributed by atoms with Crippen LogP contribution in [0.15, 0.2) is 72.3 Å². The summed E-state index contributed by atoms with van der Waals surface area (Å²) >= 11 is 0. The summed E-state index contributed by atoms with van der Waals surface area (Å²) < 4.78 is 0. The summed E-state index contributed by atoms with van der Waals surface area (Å²) in [7, 11) is 0. The molecule has 0 saturated carbocycles. The molecule has 0 saturated heterocycles. The molecule has 5 heteroatoms. The van der Waals surface area contributed by atoms with Gasteiger partial charge in [-0.1, -0.05) is 12.1 Å². The van der Waals surface area contributed by atoms with Crippen LogP contribution < -0.4 is 5.43 Å². The monoisotopic (exact) mass is 302 g/mol. The van der Waals surface area contributed by atoms with Crippen molar-refractivity contribution in [2.24, 2.45) is 0 Å². The maximum absolute atomic E-state index is 12.1. The van der Waals surface area contributed by atoms with Crippen molar-refractivity contribution in [1.29, 1.82) is 0 Å². The maximum Gasteiger partial charge on any atom is 0.189 e. The number of H-pyrrole nitrogens is 2. The Balaban J connectivity index is 1.94. The van der Waals surface area contributed by atoms with Crippen molar-refractivity contribution in [1.82, 2.24) is 19.9 Å². The number of aromatic amines is 2. The third-order valence-electron chi connectivity index (χ3n) is 3.96. The summed E-state index contributed by atoms with van der Waals surface area (Å²) in [6.07, 6.45) is 8.71. The zero-order chi connectivity index (χ0) is 15.6. The molecule has 0 bridgehead atoms. The molecule has 2 N–H and O–H groups in total. The van der Waals surface area contributed by atoms with Crippen molar-refractivity contribution in [3.8, 4) is 0 Å². The van der Waals surface area contributed by atoms with Crippen molar-refractivity contribution in [2.75, 3.05) is 0 Å². The largest absolute Gasteiger partial charge is 0.361 e. The first-order valence-corrected chi connectivity index (χ1v) is 7.32. The Morgan fingerprint density at radius 2 is 1.91 bits per heavy atom. The molecule has 0 amide bonds. The quantitative estimate of drug-likeness (QED) is 0.611. The van der Waals surface area contributed by atoms with E-state index in [4.69, 9.17) is 0 Å². The van der Waals surface area contributed by atoms with Gasteiger partial charge in [-0.05, 0) is 29.3 Å². The summed E-state index contributed by atoms with van der Waals surface area (Å²) in [5, 5.41) is 0.679. The van der Waals surface area contributed by atoms with Gasteiger partial charge in [0.25, 0.3) is 0 Å². The van der Waals surface area contributed by atoms with E-state index in [0.29, 0.717) is 5.39 Å². The Labute approximate surface area is 132 Å². The Hall–Kier alpha value is -3.21.